The van der Waals surface area contributed by atoms with Crippen LogP contribution in [0.5, 0.6) is 0 Å². The van der Waals surface area contributed by atoms with E-state index < -0.39 is 23.7 Å². The molecule has 0 aromatic heterocycles. The molecular weight excluding hydrogens is 354 g/mol. The molecule has 6 nitrogen and oxygen atoms in total. The van der Waals surface area contributed by atoms with Crippen LogP contribution in [-0.4, -0.2) is 53.5 Å². The van der Waals surface area contributed by atoms with Crippen LogP contribution in [0.25, 0.3) is 0 Å². The fourth-order valence-corrected chi connectivity index (χ4v) is 3.71. The highest BCUT2D eigenvalue weighted by Gasteiger charge is 2.30. The van der Waals surface area contributed by atoms with Gasteiger partial charge in [0.25, 0.3) is 0 Å². The van der Waals surface area contributed by atoms with E-state index in [1.807, 2.05) is 0 Å². The summed E-state index contributed by atoms with van der Waals surface area (Å²) in [5, 5.41) is 2.60. The lowest BCUT2D eigenvalue weighted by Gasteiger charge is -2.36. The SMILES string of the molecule is C=CCOC(=O)[C@H](CSCC1CCCC(C)(C)O1)NC(=O)OC(C)(C)C. The predicted molar refractivity (Wildman–Crippen MR) is 104 cm³/mol. The standard InChI is InChI=1S/C19H33NO5S/c1-7-11-23-16(21)15(20-17(22)25-18(2,3)4)13-26-12-14-9-8-10-19(5,6)24-14/h7,14-15H,1,8-13H2,2-6H3,(H,20,22)/t14?,15-/m0/s1. The fraction of sp³-hybridized carbons (Fsp3) is 0.789. The Bertz CT molecular complexity index is 487. The maximum absolute atomic E-state index is 12.2. The van der Waals surface area contributed by atoms with E-state index >= 15 is 0 Å². The summed E-state index contributed by atoms with van der Waals surface area (Å²) in [6, 6.07) is -0.772. The number of thioether (sulfide) groups is 1. The Morgan fingerprint density at radius 2 is 2.12 bits per heavy atom. The molecule has 0 bridgehead atoms. The Morgan fingerprint density at radius 1 is 1.42 bits per heavy atom. The van der Waals surface area contributed by atoms with Crippen LogP contribution in [0.2, 0.25) is 0 Å². The molecule has 7 heteroatoms. The van der Waals surface area contributed by atoms with Gasteiger partial charge in [-0.05, 0) is 53.9 Å². The van der Waals surface area contributed by atoms with Crippen molar-refractivity contribution in [1.82, 2.24) is 5.32 Å². The summed E-state index contributed by atoms with van der Waals surface area (Å²) in [5.74, 6) is 0.674. The molecule has 2 atom stereocenters. The quantitative estimate of drug-likeness (QED) is 0.506. The summed E-state index contributed by atoms with van der Waals surface area (Å²) in [7, 11) is 0. The summed E-state index contributed by atoms with van der Waals surface area (Å²) >= 11 is 1.57. The van der Waals surface area contributed by atoms with E-state index in [9.17, 15) is 9.59 Å². The second-order valence-electron chi connectivity index (χ2n) is 8.05. The average molecular weight is 388 g/mol. The van der Waals surface area contributed by atoms with Gasteiger partial charge in [0.1, 0.15) is 18.2 Å². The molecule has 1 unspecified atom stereocenters. The topological polar surface area (TPSA) is 73.9 Å². The van der Waals surface area contributed by atoms with E-state index in [1.165, 1.54) is 6.08 Å². The second kappa shape index (κ2) is 10.2. The van der Waals surface area contributed by atoms with Crippen molar-refractivity contribution in [3.63, 3.8) is 0 Å². The molecule has 0 aliphatic carbocycles. The van der Waals surface area contributed by atoms with Crippen molar-refractivity contribution < 1.29 is 23.8 Å². The molecule has 1 rings (SSSR count). The molecule has 0 aromatic rings. The van der Waals surface area contributed by atoms with Crippen LogP contribution in [0, 0.1) is 0 Å². The second-order valence-corrected chi connectivity index (χ2v) is 9.12. The predicted octanol–water partition coefficient (Wildman–Crippen LogP) is 3.69. The minimum atomic E-state index is -0.772. The van der Waals surface area contributed by atoms with Crippen LogP contribution >= 0.6 is 11.8 Å². The molecule has 26 heavy (non-hydrogen) atoms. The van der Waals surface area contributed by atoms with Gasteiger partial charge in [-0.15, -0.1) is 0 Å². The van der Waals surface area contributed by atoms with Gasteiger partial charge in [0.15, 0.2) is 0 Å². The summed E-state index contributed by atoms with van der Waals surface area (Å²) in [4.78, 5) is 24.2. The lowest BCUT2D eigenvalue weighted by molar-refractivity contribution is -0.144. The third kappa shape index (κ3) is 9.48. The van der Waals surface area contributed by atoms with Crippen LogP contribution < -0.4 is 5.32 Å². The number of ether oxygens (including phenoxy) is 3. The van der Waals surface area contributed by atoms with Crippen LogP contribution in [-0.2, 0) is 19.0 Å². The maximum Gasteiger partial charge on any atom is 0.408 e. The van der Waals surface area contributed by atoms with Gasteiger partial charge in [0.2, 0.25) is 0 Å². The minimum Gasteiger partial charge on any atom is -0.460 e. The van der Waals surface area contributed by atoms with E-state index in [-0.39, 0.29) is 18.3 Å². The van der Waals surface area contributed by atoms with Crippen LogP contribution in [0.3, 0.4) is 0 Å². The number of hydrogen-bond acceptors (Lipinski definition) is 6. The monoisotopic (exact) mass is 387 g/mol. The third-order valence-corrected chi connectivity index (χ3v) is 4.87. The third-order valence-electron chi connectivity index (χ3n) is 3.70. The molecule has 150 valence electrons. The van der Waals surface area contributed by atoms with Crippen molar-refractivity contribution in [3.05, 3.63) is 12.7 Å². The minimum absolute atomic E-state index is 0.0967. The molecule has 1 heterocycles. The maximum atomic E-state index is 12.2. The Hall–Kier alpha value is -1.21. The summed E-state index contributed by atoms with van der Waals surface area (Å²) in [6.07, 6.45) is 4.24. The Labute approximate surface area is 161 Å². The molecule has 1 saturated heterocycles. The highest BCUT2D eigenvalue weighted by Crippen LogP contribution is 2.29. The number of alkyl carbamates (subject to hydrolysis) is 1. The van der Waals surface area contributed by atoms with Gasteiger partial charge in [-0.25, -0.2) is 9.59 Å². The van der Waals surface area contributed by atoms with Gasteiger partial charge >= 0.3 is 12.1 Å². The molecule has 1 aliphatic rings. The van der Waals surface area contributed by atoms with Gasteiger partial charge in [-0.3, -0.25) is 0 Å². The molecule has 1 aliphatic heterocycles. The van der Waals surface area contributed by atoms with Crippen molar-refractivity contribution in [2.45, 2.75) is 77.2 Å². The number of carbonyl (C=O) groups is 2. The average Bonchev–Trinajstić information content (AvgIpc) is 2.49. The summed E-state index contributed by atoms with van der Waals surface area (Å²) in [5.41, 5.74) is -0.727. The summed E-state index contributed by atoms with van der Waals surface area (Å²) < 4.78 is 16.4. The van der Waals surface area contributed by atoms with E-state index in [0.29, 0.717) is 5.75 Å². The van der Waals surface area contributed by atoms with E-state index in [4.69, 9.17) is 14.2 Å². The number of amides is 1. The summed E-state index contributed by atoms with van der Waals surface area (Å²) in [6.45, 7) is 13.2. The molecule has 0 radical (unpaired) electrons. The van der Waals surface area contributed by atoms with Crippen molar-refractivity contribution in [2.24, 2.45) is 0 Å². The molecule has 0 saturated carbocycles. The number of esters is 1. The zero-order chi connectivity index (χ0) is 19.8. The van der Waals surface area contributed by atoms with Gasteiger partial charge < -0.3 is 19.5 Å². The van der Waals surface area contributed by atoms with Gasteiger partial charge in [0.05, 0.1) is 11.7 Å². The van der Waals surface area contributed by atoms with Gasteiger partial charge in [-0.1, -0.05) is 12.7 Å². The van der Waals surface area contributed by atoms with Crippen LogP contribution in [0.4, 0.5) is 4.79 Å². The Morgan fingerprint density at radius 3 is 2.69 bits per heavy atom. The largest absolute Gasteiger partial charge is 0.460 e. The van der Waals surface area contributed by atoms with E-state index in [1.54, 1.807) is 32.5 Å². The van der Waals surface area contributed by atoms with Gasteiger partial charge in [-0.2, -0.15) is 11.8 Å². The Balaban J connectivity index is 2.54. The highest BCUT2D eigenvalue weighted by molar-refractivity contribution is 7.99. The first-order valence-electron chi connectivity index (χ1n) is 9.05. The molecular formula is C19H33NO5S. The first kappa shape index (κ1) is 22.8. The lowest BCUT2D eigenvalue weighted by atomic mass is 9.96. The molecule has 0 spiro atoms. The first-order valence-corrected chi connectivity index (χ1v) is 10.2. The molecule has 1 N–H and O–H groups in total. The molecule has 0 aromatic carbocycles. The Kier molecular flexibility index (Phi) is 8.96. The molecule has 1 amide bonds. The molecule has 1 fully saturated rings. The number of hydrogen-bond donors (Lipinski definition) is 1. The lowest BCUT2D eigenvalue weighted by Crippen LogP contribution is -2.46. The van der Waals surface area contributed by atoms with Crippen LogP contribution in [0.1, 0.15) is 53.9 Å². The number of carbonyl (C=O) groups excluding carboxylic acids is 2. The number of rotatable bonds is 8. The smallest absolute Gasteiger partial charge is 0.408 e. The van der Waals surface area contributed by atoms with Crippen molar-refractivity contribution >= 4 is 23.8 Å². The highest BCUT2D eigenvalue weighted by atomic mass is 32.2. The van der Waals surface area contributed by atoms with Crippen LogP contribution in [0.15, 0.2) is 12.7 Å². The van der Waals surface area contributed by atoms with E-state index in [2.05, 4.69) is 25.7 Å². The van der Waals surface area contributed by atoms with E-state index in [0.717, 1.165) is 25.0 Å². The van der Waals surface area contributed by atoms with Gasteiger partial charge in [0, 0.05) is 11.5 Å². The van der Waals surface area contributed by atoms with Crippen molar-refractivity contribution in [1.29, 1.82) is 0 Å². The zero-order valence-electron chi connectivity index (χ0n) is 16.6. The normalized spacial score (nSPS) is 20.7. The number of nitrogens with one attached hydrogen (secondary N) is 1. The zero-order valence-corrected chi connectivity index (χ0v) is 17.4. The fourth-order valence-electron chi connectivity index (χ4n) is 2.62. The van der Waals surface area contributed by atoms with Crippen molar-refractivity contribution in [3.8, 4) is 0 Å². The van der Waals surface area contributed by atoms with Crippen molar-refractivity contribution in [2.75, 3.05) is 18.1 Å². The first-order chi connectivity index (χ1) is 12.0.